The highest BCUT2D eigenvalue weighted by Gasteiger charge is 2.24. The number of imidazole rings is 1. The number of halogens is 2. The first-order valence-electron chi connectivity index (χ1n) is 14.1. The molecule has 2 aromatic carbocycles. The number of aromatic nitrogens is 4. The normalized spacial score (nSPS) is 14.6. The van der Waals surface area contributed by atoms with Crippen LogP contribution in [0.15, 0.2) is 54.7 Å². The molecule has 1 aliphatic rings. The first-order chi connectivity index (χ1) is 21.5. The van der Waals surface area contributed by atoms with Crippen LogP contribution < -0.4 is 4.74 Å². The first-order valence-corrected chi connectivity index (χ1v) is 15.0. The standard InChI is InChI=1S/C33H28F2N4O5S/c1-33(2,42)10-8-22-16-36-31(45-22)18-44-30-5-3-4-26(38-30)23-15-24(34)20(12-25(23)35)14-29-37-27-7-6-19(32(40)41)13-28(27)39(29)17-21-9-11-43-21/h3-7,12-13,15-16,21,42H,9,11,14,17-18H2,1-2H3,(H,40,41). The van der Waals surface area contributed by atoms with E-state index in [0.29, 0.717) is 39.9 Å². The van der Waals surface area contributed by atoms with E-state index in [1.165, 1.54) is 23.5 Å². The maximum atomic E-state index is 15.5. The average Bonchev–Trinajstić information content (AvgIpc) is 3.57. The Morgan fingerprint density at radius 2 is 2.00 bits per heavy atom. The number of nitrogens with zero attached hydrogens (tertiary/aromatic N) is 4. The second-order valence-corrected chi connectivity index (χ2v) is 12.2. The Balaban J connectivity index is 1.22. The number of rotatable bonds is 9. The van der Waals surface area contributed by atoms with Gasteiger partial charge in [-0.05, 0) is 62.2 Å². The molecule has 6 rings (SSSR count). The predicted octanol–water partition coefficient (Wildman–Crippen LogP) is 5.61. The van der Waals surface area contributed by atoms with E-state index in [1.807, 2.05) is 4.57 Å². The Hall–Kier alpha value is -4.70. The van der Waals surface area contributed by atoms with E-state index in [0.717, 1.165) is 18.6 Å². The van der Waals surface area contributed by atoms with Crippen molar-refractivity contribution in [1.82, 2.24) is 19.5 Å². The minimum atomic E-state index is -1.12. The van der Waals surface area contributed by atoms with E-state index in [1.54, 1.807) is 44.3 Å². The van der Waals surface area contributed by atoms with Crippen LogP contribution in [-0.2, 0) is 24.3 Å². The third-order valence-corrected chi connectivity index (χ3v) is 8.01. The van der Waals surface area contributed by atoms with Crippen molar-refractivity contribution in [1.29, 1.82) is 0 Å². The van der Waals surface area contributed by atoms with Gasteiger partial charge in [0.25, 0.3) is 0 Å². The van der Waals surface area contributed by atoms with Crippen LogP contribution in [-0.4, -0.2) is 54.0 Å². The molecule has 3 aromatic heterocycles. The van der Waals surface area contributed by atoms with Crippen LogP contribution in [0.2, 0.25) is 0 Å². The third kappa shape index (κ3) is 7.01. The fourth-order valence-electron chi connectivity index (χ4n) is 4.80. The van der Waals surface area contributed by atoms with E-state index in [9.17, 15) is 15.0 Å². The van der Waals surface area contributed by atoms with Crippen LogP contribution in [0.4, 0.5) is 8.78 Å². The SMILES string of the molecule is CC(C)(O)C#Cc1cnc(COc2cccc(-c3cc(F)c(Cc4nc5ccc(C(=O)O)cc5n4CC4CCO4)cc3F)n2)s1. The Kier molecular flexibility index (Phi) is 8.33. The average molecular weight is 631 g/mol. The molecule has 0 aliphatic carbocycles. The molecule has 230 valence electrons. The lowest BCUT2D eigenvalue weighted by atomic mass is 10.0. The van der Waals surface area contributed by atoms with E-state index < -0.39 is 23.2 Å². The van der Waals surface area contributed by atoms with Crippen LogP contribution in [0.5, 0.6) is 5.88 Å². The molecule has 0 radical (unpaired) electrons. The van der Waals surface area contributed by atoms with Crippen LogP contribution in [0.1, 0.15) is 51.9 Å². The summed E-state index contributed by atoms with van der Waals surface area (Å²) in [7, 11) is 0. The van der Waals surface area contributed by atoms with Crippen molar-refractivity contribution < 1.29 is 33.3 Å². The van der Waals surface area contributed by atoms with Gasteiger partial charge in [-0.2, -0.15) is 0 Å². The zero-order valence-electron chi connectivity index (χ0n) is 24.4. The molecular weight excluding hydrogens is 602 g/mol. The van der Waals surface area contributed by atoms with Crippen LogP contribution in [0.25, 0.3) is 22.3 Å². The van der Waals surface area contributed by atoms with E-state index in [2.05, 4.69) is 26.8 Å². The van der Waals surface area contributed by atoms with Gasteiger partial charge in [0.2, 0.25) is 5.88 Å². The minimum absolute atomic E-state index is 0.0145. The minimum Gasteiger partial charge on any atom is -0.478 e. The summed E-state index contributed by atoms with van der Waals surface area (Å²) in [6.07, 6.45) is 2.35. The second-order valence-electron chi connectivity index (χ2n) is 11.1. The number of pyridine rings is 1. The lowest BCUT2D eigenvalue weighted by Gasteiger charge is -2.27. The number of benzene rings is 2. The molecule has 0 spiro atoms. The highest BCUT2D eigenvalue weighted by atomic mass is 32.1. The number of fused-ring (bicyclic) bond motifs is 1. The van der Waals surface area contributed by atoms with Crippen LogP contribution >= 0.6 is 11.3 Å². The largest absolute Gasteiger partial charge is 0.478 e. The van der Waals surface area contributed by atoms with Crippen molar-refractivity contribution in [3.63, 3.8) is 0 Å². The van der Waals surface area contributed by atoms with Gasteiger partial charge in [-0.3, -0.25) is 0 Å². The number of ether oxygens (including phenoxy) is 2. The zero-order valence-corrected chi connectivity index (χ0v) is 25.2. The van der Waals surface area contributed by atoms with Crippen LogP contribution in [0.3, 0.4) is 0 Å². The van der Waals surface area contributed by atoms with Crippen molar-refractivity contribution in [2.45, 2.75) is 51.5 Å². The van der Waals surface area contributed by atoms with Crippen molar-refractivity contribution in [3.8, 4) is 29.0 Å². The Labute approximate surface area is 261 Å². The number of aliphatic hydroxyl groups is 1. The van der Waals surface area contributed by atoms with Crippen molar-refractivity contribution >= 4 is 28.3 Å². The number of carbonyl (C=O) groups is 1. The van der Waals surface area contributed by atoms with Crippen molar-refractivity contribution in [2.75, 3.05) is 6.61 Å². The number of hydrogen-bond acceptors (Lipinski definition) is 8. The topological polar surface area (TPSA) is 120 Å². The van der Waals surface area contributed by atoms with Gasteiger partial charge in [-0.25, -0.2) is 28.5 Å². The molecule has 0 saturated carbocycles. The molecule has 5 aromatic rings. The molecule has 1 fully saturated rings. The molecule has 0 bridgehead atoms. The summed E-state index contributed by atoms with van der Waals surface area (Å²) < 4.78 is 44.2. The lowest BCUT2D eigenvalue weighted by Crippen LogP contribution is -2.31. The summed E-state index contributed by atoms with van der Waals surface area (Å²) in [5.41, 5.74) is 0.412. The fraction of sp³-hybridized carbons (Fsp3) is 0.273. The predicted molar refractivity (Wildman–Crippen MR) is 163 cm³/mol. The summed E-state index contributed by atoms with van der Waals surface area (Å²) in [6.45, 7) is 4.34. The van der Waals surface area contributed by atoms with Gasteiger partial charge in [-0.1, -0.05) is 17.9 Å². The number of hydrogen-bond donors (Lipinski definition) is 2. The van der Waals surface area contributed by atoms with Crippen LogP contribution in [0, 0.1) is 23.5 Å². The van der Waals surface area contributed by atoms with E-state index in [-0.39, 0.29) is 47.4 Å². The van der Waals surface area contributed by atoms with Gasteiger partial charge >= 0.3 is 5.97 Å². The monoisotopic (exact) mass is 630 g/mol. The molecular formula is C33H28F2N4O5S. The van der Waals surface area contributed by atoms with Gasteiger partial charge < -0.3 is 24.3 Å². The van der Waals surface area contributed by atoms with E-state index in [4.69, 9.17) is 9.47 Å². The Morgan fingerprint density at radius 3 is 2.73 bits per heavy atom. The Bertz CT molecular complexity index is 1970. The van der Waals surface area contributed by atoms with Crippen molar-refractivity contribution in [3.05, 3.63) is 93.2 Å². The maximum absolute atomic E-state index is 15.5. The molecule has 9 nitrogen and oxygen atoms in total. The molecule has 1 atom stereocenters. The first kappa shape index (κ1) is 30.3. The summed E-state index contributed by atoms with van der Waals surface area (Å²) in [6, 6.07) is 11.7. The van der Waals surface area contributed by atoms with Gasteiger partial charge in [0.05, 0.1) is 46.0 Å². The molecule has 1 unspecified atom stereocenters. The van der Waals surface area contributed by atoms with E-state index >= 15 is 8.78 Å². The summed E-state index contributed by atoms with van der Waals surface area (Å²) in [5.74, 6) is 3.92. The smallest absolute Gasteiger partial charge is 0.335 e. The Morgan fingerprint density at radius 1 is 1.18 bits per heavy atom. The molecule has 2 N–H and O–H groups in total. The summed E-state index contributed by atoms with van der Waals surface area (Å²) >= 11 is 1.31. The highest BCUT2D eigenvalue weighted by Crippen LogP contribution is 2.29. The van der Waals surface area contributed by atoms with Gasteiger partial charge in [-0.15, -0.1) is 11.3 Å². The quantitative estimate of drug-likeness (QED) is 0.202. The number of aromatic carboxylic acids is 1. The lowest BCUT2D eigenvalue weighted by molar-refractivity contribution is -0.0589. The number of carboxylic acid groups (broad SMARTS) is 1. The zero-order chi connectivity index (χ0) is 31.7. The van der Waals surface area contributed by atoms with Gasteiger partial charge in [0, 0.05) is 24.7 Å². The summed E-state index contributed by atoms with van der Waals surface area (Å²) in [4.78, 5) is 25.5. The van der Waals surface area contributed by atoms with Crippen molar-refractivity contribution in [2.24, 2.45) is 0 Å². The second kappa shape index (κ2) is 12.4. The molecule has 12 heteroatoms. The fourth-order valence-corrected chi connectivity index (χ4v) is 5.48. The molecule has 45 heavy (non-hydrogen) atoms. The molecule has 1 aliphatic heterocycles. The highest BCUT2D eigenvalue weighted by molar-refractivity contribution is 7.12. The number of thiazole rings is 1. The maximum Gasteiger partial charge on any atom is 0.335 e. The molecule has 1 saturated heterocycles. The number of carboxylic acids is 1. The molecule has 4 heterocycles. The van der Waals surface area contributed by atoms with Gasteiger partial charge in [0.1, 0.15) is 34.7 Å². The summed E-state index contributed by atoms with van der Waals surface area (Å²) in [5, 5.41) is 19.9. The van der Waals surface area contributed by atoms with Gasteiger partial charge in [0.15, 0.2) is 0 Å². The molecule has 0 amide bonds. The third-order valence-electron chi connectivity index (χ3n) is 7.13.